The molecule has 0 atom stereocenters. The Morgan fingerprint density at radius 3 is 3.08 bits per heavy atom. The number of halogens is 1. The van der Waals surface area contributed by atoms with E-state index in [-0.39, 0.29) is 5.82 Å². The number of hydrogen-bond donors (Lipinski definition) is 0. The van der Waals surface area contributed by atoms with E-state index in [1.54, 1.807) is 0 Å². The van der Waals surface area contributed by atoms with Gasteiger partial charge in [-0.15, -0.1) is 0 Å². The van der Waals surface area contributed by atoms with Gasteiger partial charge in [0.25, 0.3) is 0 Å². The standard InChI is InChI=1S/C10H11FO/c1-2-7-5-8-3-4-12-10(8)6-9(7)11/h5-6H,2-4H2,1H3. The molecule has 1 aliphatic rings. The molecule has 0 radical (unpaired) electrons. The van der Waals surface area contributed by atoms with Crippen LogP contribution in [0.3, 0.4) is 0 Å². The molecule has 1 aromatic carbocycles. The van der Waals surface area contributed by atoms with E-state index >= 15 is 0 Å². The average molecular weight is 166 g/mol. The van der Waals surface area contributed by atoms with Gasteiger partial charge in [0.2, 0.25) is 0 Å². The highest BCUT2D eigenvalue weighted by Gasteiger charge is 2.14. The zero-order valence-corrected chi connectivity index (χ0v) is 7.06. The number of aryl methyl sites for hydroxylation is 1. The van der Waals surface area contributed by atoms with Gasteiger partial charge >= 0.3 is 0 Å². The van der Waals surface area contributed by atoms with Gasteiger partial charge in [0.1, 0.15) is 11.6 Å². The van der Waals surface area contributed by atoms with Crippen molar-refractivity contribution < 1.29 is 9.13 Å². The predicted octanol–water partition coefficient (Wildman–Crippen LogP) is 2.32. The second-order valence-corrected chi connectivity index (χ2v) is 3.00. The Hall–Kier alpha value is -1.05. The van der Waals surface area contributed by atoms with Crippen molar-refractivity contribution in [2.75, 3.05) is 6.61 Å². The largest absolute Gasteiger partial charge is 0.493 e. The number of rotatable bonds is 1. The molecular weight excluding hydrogens is 155 g/mol. The first-order valence-electron chi connectivity index (χ1n) is 4.25. The first-order valence-corrected chi connectivity index (χ1v) is 4.25. The third kappa shape index (κ3) is 1.07. The Morgan fingerprint density at radius 2 is 2.33 bits per heavy atom. The molecule has 12 heavy (non-hydrogen) atoms. The van der Waals surface area contributed by atoms with Gasteiger partial charge in [0, 0.05) is 12.5 Å². The van der Waals surface area contributed by atoms with Gasteiger partial charge in [-0.05, 0) is 23.6 Å². The van der Waals surface area contributed by atoms with Crippen LogP contribution in [0.4, 0.5) is 4.39 Å². The van der Waals surface area contributed by atoms with Crippen molar-refractivity contribution in [2.24, 2.45) is 0 Å². The second-order valence-electron chi connectivity index (χ2n) is 3.00. The van der Waals surface area contributed by atoms with E-state index in [9.17, 15) is 4.39 Å². The normalized spacial score (nSPS) is 14.2. The Kier molecular flexibility index (Phi) is 1.75. The molecule has 2 rings (SSSR count). The molecule has 0 saturated heterocycles. The lowest BCUT2D eigenvalue weighted by atomic mass is 10.1. The lowest BCUT2D eigenvalue weighted by Crippen LogP contribution is -1.89. The average Bonchev–Trinajstić information content (AvgIpc) is 2.49. The SMILES string of the molecule is CCc1cc2c(cc1F)OCC2. The number of benzene rings is 1. The van der Waals surface area contributed by atoms with Crippen LogP contribution in [0.1, 0.15) is 18.1 Å². The summed E-state index contributed by atoms with van der Waals surface area (Å²) in [5.41, 5.74) is 1.94. The first-order chi connectivity index (χ1) is 5.81. The molecule has 0 spiro atoms. The lowest BCUT2D eigenvalue weighted by Gasteiger charge is -2.02. The summed E-state index contributed by atoms with van der Waals surface area (Å²) in [5.74, 6) is 0.586. The van der Waals surface area contributed by atoms with Crippen molar-refractivity contribution in [1.82, 2.24) is 0 Å². The molecule has 0 amide bonds. The molecule has 2 heteroatoms. The zero-order chi connectivity index (χ0) is 8.55. The number of hydrogen-bond acceptors (Lipinski definition) is 1. The van der Waals surface area contributed by atoms with Crippen LogP contribution >= 0.6 is 0 Å². The summed E-state index contributed by atoms with van der Waals surface area (Å²) < 4.78 is 18.4. The molecule has 1 aromatic rings. The van der Waals surface area contributed by atoms with Crippen molar-refractivity contribution in [1.29, 1.82) is 0 Å². The predicted molar refractivity (Wildman–Crippen MR) is 45.0 cm³/mol. The van der Waals surface area contributed by atoms with Gasteiger partial charge in [-0.2, -0.15) is 0 Å². The molecular formula is C10H11FO. The van der Waals surface area contributed by atoms with E-state index < -0.39 is 0 Å². The fraction of sp³-hybridized carbons (Fsp3) is 0.400. The van der Waals surface area contributed by atoms with Crippen molar-refractivity contribution in [3.05, 3.63) is 29.1 Å². The summed E-state index contributed by atoms with van der Waals surface area (Å²) in [7, 11) is 0. The summed E-state index contributed by atoms with van der Waals surface area (Å²) in [6.45, 7) is 2.66. The Morgan fingerprint density at radius 1 is 1.50 bits per heavy atom. The van der Waals surface area contributed by atoms with E-state index in [2.05, 4.69) is 0 Å². The summed E-state index contributed by atoms with van der Waals surface area (Å²) in [6, 6.07) is 3.42. The molecule has 0 aliphatic carbocycles. The van der Waals surface area contributed by atoms with Crippen LogP contribution in [-0.4, -0.2) is 6.61 Å². The monoisotopic (exact) mass is 166 g/mol. The smallest absolute Gasteiger partial charge is 0.130 e. The maximum Gasteiger partial charge on any atom is 0.130 e. The van der Waals surface area contributed by atoms with Crippen molar-refractivity contribution in [3.63, 3.8) is 0 Å². The van der Waals surface area contributed by atoms with Crippen LogP contribution in [-0.2, 0) is 12.8 Å². The van der Waals surface area contributed by atoms with Crippen LogP contribution in [0.15, 0.2) is 12.1 Å². The Bertz CT molecular complexity index is 306. The quantitative estimate of drug-likeness (QED) is 0.622. The van der Waals surface area contributed by atoms with Gasteiger partial charge < -0.3 is 4.74 Å². The molecule has 0 saturated carbocycles. The molecule has 0 unspecified atom stereocenters. The highest BCUT2D eigenvalue weighted by atomic mass is 19.1. The topological polar surface area (TPSA) is 9.23 Å². The lowest BCUT2D eigenvalue weighted by molar-refractivity contribution is 0.355. The zero-order valence-electron chi connectivity index (χ0n) is 7.06. The molecule has 0 fully saturated rings. The Balaban J connectivity index is 2.49. The van der Waals surface area contributed by atoms with Crippen LogP contribution in [0.2, 0.25) is 0 Å². The van der Waals surface area contributed by atoms with Gasteiger partial charge in [-0.25, -0.2) is 4.39 Å². The van der Waals surface area contributed by atoms with E-state index in [0.29, 0.717) is 6.61 Å². The molecule has 0 N–H and O–H groups in total. The molecule has 0 aromatic heterocycles. The summed E-state index contributed by atoms with van der Waals surface area (Å²) in [4.78, 5) is 0. The van der Waals surface area contributed by atoms with Gasteiger partial charge in [0.05, 0.1) is 6.61 Å². The van der Waals surface area contributed by atoms with E-state index in [1.807, 2.05) is 13.0 Å². The van der Waals surface area contributed by atoms with Gasteiger partial charge in [0.15, 0.2) is 0 Å². The van der Waals surface area contributed by atoms with Crippen LogP contribution in [0.5, 0.6) is 5.75 Å². The van der Waals surface area contributed by atoms with E-state index in [0.717, 1.165) is 29.7 Å². The maximum atomic E-state index is 13.2. The highest BCUT2D eigenvalue weighted by Crippen LogP contribution is 2.28. The maximum absolute atomic E-state index is 13.2. The second kappa shape index (κ2) is 2.77. The van der Waals surface area contributed by atoms with Crippen LogP contribution in [0, 0.1) is 5.82 Å². The van der Waals surface area contributed by atoms with Crippen LogP contribution in [0.25, 0.3) is 0 Å². The third-order valence-corrected chi connectivity index (χ3v) is 2.24. The Labute approximate surface area is 71.2 Å². The minimum Gasteiger partial charge on any atom is -0.493 e. The first kappa shape index (κ1) is 7.59. The van der Waals surface area contributed by atoms with Crippen molar-refractivity contribution >= 4 is 0 Å². The minimum absolute atomic E-state index is 0.141. The van der Waals surface area contributed by atoms with Crippen molar-refractivity contribution in [2.45, 2.75) is 19.8 Å². The van der Waals surface area contributed by atoms with Gasteiger partial charge in [-0.1, -0.05) is 6.92 Å². The fourth-order valence-electron chi connectivity index (χ4n) is 1.52. The molecule has 0 bridgehead atoms. The summed E-state index contributed by atoms with van der Waals surface area (Å²) in [5, 5.41) is 0. The van der Waals surface area contributed by atoms with E-state index in [4.69, 9.17) is 4.74 Å². The molecule has 1 heterocycles. The molecule has 1 nitrogen and oxygen atoms in total. The highest BCUT2D eigenvalue weighted by molar-refractivity contribution is 5.40. The summed E-state index contributed by atoms with van der Waals surface area (Å²) in [6.07, 6.45) is 1.67. The minimum atomic E-state index is -0.141. The van der Waals surface area contributed by atoms with Crippen LogP contribution < -0.4 is 4.74 Å². The number of fused-ring (bicyclic) bond motifs is 1. The molecule has 1 aliphatic heterocycles. The van der Waals surface area contributed by atoms with E-state index in [1.165, 1.54) is 6.07 Å². The summed E-state index contributed by atoms with van der Waals surface area (Å²) >= 11 is 0. The fourth-order valence-corrected chi connectivity index (χ4v) is 1.52. The third-order valence-electron chi connectivity index (χ3n) is 2.24. The van der Waals surface area contributed by atoms with Gasteiger partial charge in [-0.3, -0.25) is 0 Å². The van der Waals surface area contributed by atoms with Crippen molar-refractivity contribution in [3.8, 4) is 5.75 Å². The number of ether oxygens (including phenoxy) is 1. The molecule has 64 valence electrons.